The summed E-state index contributed by atoms with van der Waals surface area (Å²) in [7, 11) is 2.09. The summed E-state index contributed by atoms with van der Waals surface area (Å²) in [5.74, 6) is 0. The molecule has 1 N–H and O–H groups in total. The lowest BCUT2D eigenvalue weighted by molar-refractivity contribution is 0.653. The van der Waals surface area contributed by atoms with Crippen molar-refractivity contribution in [1.82, 2.24) is 19.4 Å². The van der Waals surface area contributed by atoms with Crippen molar-refractivity contribution in [2.75, 3.05) is 6.54 Å². The van der Waals surface area contributed by atoms with Gasteiger partial charge in [-0.15, -0.1) is 0 Å². The average Bonchev–Trinajstić information content (AvgIpc) is 3.30. The van der Waals surface area contributed by atoms with Gasteiger partial charge in [-0.25, -0.2) is 4.98 Å². The van der Waals surface area contributed by atoms with Crippen molar-refractivity contribution in [1.29, 1.82) is 5.26 Å². The number of para-hydroxylation sites is 1. The molecule has 5 nitrogen and oxygen atoms in total. The molecule has 2 heterocycles. The van der Waals surface area contributed by atoms with Crippen molar-refractivity contribution in [3.63, 3.8) is 0 Å². The van der Waals surface area contributed by atoms with E-state index in [4.69, 9.17) is 5.26 Å². The number of rotatable bonds is 7. The zero-order valence-corrected chi connectivity index (χ0v) is 16.0. The van der Waals surface area contributed by atoms with Crippen molar-refractivity contribution < 1.29 is 0 Å². The second kappa shape index (κ2) is 8.12. The molecule has 140 valence electrons. The molecular formula is C23H23N5. The SMILES string of the molecule is Cn1cc(CNCCc2cncn2Cc2ccc(C#N)cc2)c2ccccc21. The molecule has 0 fully saturated rings. The Morgan fingerprint density at radius 2 is 1.93 bits per heavy atom. The molecule has 0 amide bonds. The first-order chi connectivity index (χ1) is 13.7. The smallest absolute Gasteiger partial charge is 0.0991 e. The number of nitriles is 1. The Morgan fingerprint density at radius 3 is 2.75 bits per heavy atom. The molecule has 4 rings (SSSR count). The van der Waals surface area contributed by atoms with Crippen LogP contribution in [0.2, 0.25) is 0 Å². The maximum atomic E-state index is 8.92. The molecule has 0 bridgehead atoms. The van der Waals surface area contributed by atoms with Crippen molar-refractivity contribution in [3.05, 3.63) is 89.6 Å². The fraction of sp³-hybridized carbons (Fsp3) is 0.217. The van der Waals surface area contributed by atoms with Crippen LogP contribution in [0.3, 0.4) is 0 Å². The van der Waals surface area contributed by atoms with Crippen LogP contribution in [0.1, 0.15) is 22.4 Å². The molecule has 0 saturated heterocycles. The molecule has 0 spiro atoms. The zero-order valence-electron chi connectivity index (χ0n) is 16.0. The molecule has 0 unspecified atom stereocenters. The second-order valence-electron chi connectivity index (χ2n) is 7.03. The van der Waals surface area contributed by atoms with E-state index >= 15 is 0 Å². The Kier molecular flexibility index (Phi) is 5.22. The number of nitrogens with one attached hydrogen (secondary N) is 1. The number of hydrogen-bond donors (Lipinski definition) is 1. The van der Waals surface area contributed by atoms with Gasteiger partial charge in [-0.05, 0) is 29.3 Å². The highest BCUT2D eigenvalue weighted by Gasteiger charge is 2.06. The van der Waals surface area contributed by atoms with Crippen LogP contribution < -0.4 is 5.32 Å². The molecule has 0 aliphatic heterocycles. The number of imidazole rings is 1. The van der Waals surface area contributed by atoms with E-state index in [-0.39, 0.29) is 0 Å². The van der Waals surface area contributed by atoms with Gasteiger partial charge < -0.3 is 14.5 Å². The molecule has 0 saturated carbocycles. The molecule has 28 heavy (non-hydrogen) atoms. The first-order valence-electron chi connectivity index (χ1n) is 9.46. The van der Waals surface area contributed by atoms with E-state index in [0.29, 0.717) is 5.56 Å². The van der Waals surface area contributed by atoms with Gasteiger partial charge in [0.15, 0.2) is 0 Å². The van der Waals surface area contributed by atoms with E-state index in [2.05, 4.69) is 63.0 Å². The minimum Gasteiger partial charge on any atom is -0.350 e. The lowest BCUT2D eigenvalue weighted by Crippen LogP contribution is -2.18. The fourth-order valence-electron chi connectivity index (χ4n) is 3.59. The largest absolute Gasteiger partial charge is 0.350 e. The van der Waals surface area contributed by atoms with Gasteiger partial charge in [0.25, 0.3) is 0 Å². The van der Waals surface area contributed by atoms with Gasteiger partial charge in [0.05, 0.1) is 18.0 Å². The summed E-state index contributed by atoms with van der Waals surface area (Å²) in [6, 6.07) is 18.4. The summed E-state index contributed by atoms with van der Waals surface area (Å²) in [5.41, 5.74) is 5.65. The van der Waals surface area contributed by atoms with Crippen LogP contribution in [0, 0.1) is 11.3 Å². The fourth-order valence-corrected chi connectivity index (χ4v) is 3.59. The van der Waals surface area contributed by atoms with Crippen LogP contribution in [0.15, 0.2) is 67.3 Å². The number of fused-ring (bicyclic) bond motifs is 1. The van der Waals surface area contributed by atoms with E-state index in [1.54, 1.807) is 0 Å². The molecular weight excluding hydrogens is 346 g/mol. The Morgan fingerprint density at radius 1 is 1.11 bits per heavy atom. The van der Waals surface area contributed by atoms with E-state index < -0.39 is 0 Å². The van der Waals surface area contributed by atoms with Crippen molar-refractivity contribution in [3.8, 4) is 6.07 Å². The van der Waals surface area contributed by atoms with E-state index in [0.717, 1.165) is 26.1 Å². The molecule has 0 atom stereocenters. The number of benzene rings is 2. The van der Waals surface area contributed by atoms with Crippen molar-refractivity contribution in [2.24, 2.45) is 7.05 Å². The lowest BCUT2D eigenvalue weighted by Gasteiger charge is -2.09. The Labute approximate surface area is 164 Å². The first kappa shape index (κ1) is 18.0. The van der Waals surface area contributed by atoms with Crippen molar-refractivity contribution >= 4 is 10.9 Å². The Bertz CT molecular complexity index is 1110. The van der Waals surface area contributed by atoms with Gasteiger partial charge in [-0.2, -0.15) is 5.26 Å². The van der Waals surface area contributed by atoms with Gasteiger partial charge in [0.2, 0.25) is 0 Å². The summed E-state index contributed by atoms with van der Waals surface area (Å²) < 4.78 is 4.35. The van der Waals surface area contributed by atoms with Crippen LogP contribution in [-0.4, -0.2) is 20.7 Å². The van der Waals surface area contributed by atoms with Crippen LogP contribution in [0.5, 0.6) is 0 Å². The third-order valence-electron chi connectivity index (χ3n) is 5.09. The average molecular weight is 369 g/mol. The minimum absolute atomic E-state index is 0.687. The molecule has 4 aromatic rings. The molecule has 5 heteroatoms. The zero-order chi connectivity index (χ0) is 19.3. The predicted molar refractivity (Wildman–Crippen MR) is 111 cm³/mol. The normalized spacial score (nSPS) is 11.0. The maximum absolute atomic E-state index is 8.92. The van der Waals surface area contributed by atoms with E-state index in [1.807, 2.05) is 36.8 Å². The molecule has 2 aromatic heterocycles. The minimum atomic E-state index is 0.687. The Balaban J connectivity index is 1.34. The van der Waals surface area contributed by atoms with Crippen LogP contribution in [0.25, 0.3) is 10.9 Å². The quantitative estimate of drug-likeness (QED) is 0.506. The summed E-state index contributed by atoms with van der Waals surface area (Å²) in [6.45, 7) is 2.51. The third kappa shape index (κ3) is 3.83. The van der Waals surface area contributed by atoms with E-state index in [1.165, 1.54) is 27.7 Å². The molecule has 0 radical (unpaired) electrons. The van der Waals surface area contributed by atoms with Gasteiger partial charge in [0.1, 0.15) is 0 Å². The second-order valence-corrected chi connectivity index (χ2v) is 7.03. The summed E-state index contributed by atoms with van der Waals surface area (Å²) in [4.78, 5) is 4.31. The van der Waals surface area contributed by atoms with Crippen molar-refractivity contribution in [2.45, 2.75) is 19.5 Å². The maximum Gasteiger partial charge on any atom is 0.0991 e. The van der Waals surface area contributed by atoms with Gasteiger partial charge >= 0.3 is 0 Å². The third-order valence-corrected chi connectivity index (χ3v) is 5.09. The number of nitrogens with zero attached hydrogens (tertiary/aromatic N) is 4. The van der Waals surface area contributed by atoms with E-state index in [9.17, 15) is 0 Å². The topological polar surface area (TPSA) is 58.6 Å². The molecule has 0 aliphatic rings. The standard InChI is InChI=1S/C23H23N5/c1-27-16-20(22-4-2-3-5-23(22)27)13-25-11-10-21-14-26-17-28(21)15-19-8-6-18(12-24)7-9-19/h2-9,14,16-17,25H,10-11,13,15H2,1H3. The molecule has 0 aliphatic carbocycles. The highest BCUT2D eigenvalue weighted by Crippen LogP contribution is 2.20. The summed E-state index contributed by atoms with van der Waals surface area (Å²) in [5, 5.41) is 13.8. The summed E-state index contributed by atoms with van der Waals surface area (Å²) >= 11 is 0. The van der Waals surface area contributed by atoms with Crippen LogP contribution in [-0.2, 0) is 26.6 Å². The number of hydrogen-bond acceptors (Lipinski definition) is 3. The number of aromatic nitrogens is 3. The lowest BCUT2D eigenvalue weighted by atomic mass is 10.1. The monoisotopic (exact) mass is 369 g/mol. The highest BCUT2D eigenvalue weighted by atomic mass is 15.0. The molecule has 2 aromatic carbocycles. The van der Waals surface area contributed by atoms with Gasteiger partial charge in [-0.3, -0.25) is 0 Å². The highest BCUT2D eigenvalue weighted by molar-refractivity contribution is 5.83. The van der Waals surface area contributed by atoms with Gasteiger partial charge in [0, 0.05) is 62.1 Å². The Hall–Kier alpha value is -3.36. The van der Waals surface area contributed by atoms with Crippen LogP contribution >= 0.6 is 0 Å². The number of aryl methyl sites for hydroxylation is 1. The summed E-state index contributed by atoms with van der Waals surface area (Å²) in [6.07, 6.45) is 6.93. The predicted octanol–water partition coefficient (Wildman–Crippen LogP) is 3.63. The first-order valence-corrected chi connectivity index (χ1v) is 9.46. The van der Waals surface area contributed by atoms with Gasteiger partial charge in [-0.1, -0.05) is 30.3 Å². The van der Waals surface area contributed by atoms with Crippen LogP contribution in [0.4, 0.5) is 0 Å².